The van der Waals surface area contributed by atoms with Crippen molar-refractivity contribution < 1.29 is 23.7 Å². The average molecular weight is 336 g/mol. The summed E-state index contributed by atoms with van der Waals surface area (Å²) in [5, 5.41) is 15.7. The van der Waals surface area contributed by atoms with Gasteiger partial charge in [0, 0.05) is 13.5 Å². The third-order valence-electron chi connectivity index (χ3n) is 4.09. The highest BCUT2D eigenvalue weighted by atomic mass is 19.1. The van der Waals surface area contributed by atoms with Crippen molar-refractivity contribution in [3.63, 3.8) is 0 Å². The van der Waals surface area contributed by atoms with Crippen LogP contribution in [-0.4, -0.2) is 45.8 Å². The second-order valence-corrected chi connectivity index (χ2v) is 5.64. The van der Waals surface area contributed by atoms with Crippen LogP contribution in [0.1, 0.15) is 28.8 Å². The molecule has 3 rings (SSSR count). The zero-order chi connectivity index (χ0) is 17.6. The minimum atomic E-state index is -0.921. The molecule has 0 aromatic heterocycles. The summed E-state index contributed by atoms with van der Waals surface area (Å²) in [7, 11) is 1.50. The van der Waals surface area contributed by atoms with Crippen molar-refractivity contribution in [2.24, 2.45) is 0 Å². The summed E-state index contributed by atoms with van der Waals surface area (Å²) >= 11 is 0. The fraction of sp³-hybridized carbons (Fsp3) is 0.357. The van der Waals surface area contributed by atoms with Gasteiger partial charge in [-0.05, 0) is 12.5 Å². The Morgan fingerprint density at radius 2 is 2.04 bits per heavy atom. The van der Waals surface area contributed by atoms with E-state index in [2.05, 4.69) is 5.32 Å². The molecule has 2 aliphatic rings. The quantitative estimate of drug-likeness (QED) is 0.473. The van der Waals surface area contributed by atoms with Crippen molar-refractivity contribution in [1.82, 2.24) is 15.3 Å². The van der Waals surface area contributed by atoms with E-state index in [1.807, 2.05) is 0 Å². The van der Waals surface area contributed by atoms with Crippen LogP contribution < -0.4 is 5.32 Å². The highest BCUT2D eigenvalue weighted by molar-refractivity contribution is 6.04. The Morgan fingerprint density at radius 3 is 2.67 bits per heavy atom. The summed E-state index contributed by atoms with van der Waals surface area (Å²) < 4.78 is 13.7. The van der Waals surface area contributed by atoms with Gasteiger partial charge in [-0.3, -0.25) is 34.8 Å². The van der Waals surface area contributed by atoms with Gasteiger partial charge in [0.1, 0.15) is 11.9 Å². The summed E-state index contributed by atoms with van der Waals surface area (Å²) in [6, 6.07) is 0.772. The molecule has 0 saturated carbocycles. The zero-order valence-corrected chi connectivity index (χ0v) is 12.6. The van der Waals surface area contributed by atoms with Crippen LogP contribution in [0.15, 0.2) is 12.1 Å². The first-order valence-corrected chi connectivity index (χ1v) is 7.14. The number of nitrogens with zero attached hydrogens (tertiary/aromatic N) is 3. The van der Waals surface area contributed by atoms with E-state index in [0.29, 0.717) is 0 Å². The molecule has 10 heteroatoms. The maximum atomic E-state index is 13.7. The SMILES string of the molecule is CN1Cc2c(cc(F)cc2[N+](=O)[O-])C(=O)N1C1CCC(=O)NC1=O. The molecule has 1 N–H and O–H groups in total. The lowest BCUT2D eigenvalue weighted by Crippen LogP contribution is -2.60. The number of carbonyl (C=O) groups is 3. The van der Waals surface area contributed by atoms with Crippen LogP contribution in [0.4, 0.5) is 10.1 Å². The molecule has 1 saturated heterocycles. The summed E-state index contributed by atoms with van der Waals surface area (Å²) in [6.45, 7) is -0.0323. The largest absolute Gasteiger partial charge is 0.295 e. The number of nitro groups is 1. The molecule has 1 aromatic rings. The molecular weight excluding hydrogens is 323 g/mol. The van der Waals surface area contributed by atoms with E-state index in [1.165, 1.54) is 12.1 Å². The lowest BCUT2D eigenvalue weighted by molar-refractivity contribution is -0.386. The minimum absolute atomic E-state index is 0.0323. The highest BCUT2D eigenvalue weighted by Gasteiger charge is 2.42. The number of nitrogens with one attached hydrogen (secondary N) is 1. The Labute approximate surface area is 135 Å². The smallest absolute Gasteiger partial charge is 0.277 e. The van der Waals surface area contributed by atoms with Crippen molar-refractivity contribution >= 4 is 23.4 Å². The topological polar surface area (TPSA) is 113 Å². The predicted octanol–water partition coefficient (Wildman–Crippen LogP) is 0.342. The summed E-state index contributed by atoms with van der Waals surface area (Å²) in [6.07, 6.45) is 0.206. The Balaban J connectivity index is 2.03. The van der Waals surface area contributed by atoms with Crippen molar-refractivity contribution in [2.75, 3.05) is 7.05 Å². The number of nitro benzene ring substituents is 1. The van der Waals surface area contributed by atoms with Crippen LogP contribution in [0.2, 0.25) is 0 Å². The van der Waals surface area contributed by atoms with Crippen LogP contribution in [0.5, 0.6) is 0 Å². The number of piperidine rings is 1. The van der Waals surface area contributed by atoms with Gasteiger partial charge < -0.3 is 0 Å². The standard InChI is InChI=1S/C14H13FN4O5/c1-17-6-9-8(4-7(15)5-11(9)19(23)24)14(22)18(17)10-2-3-12(20)16-13(10)21/h4-5,10H,2-3,6H2,1H3,(H,16,20,21). The molecule has 1 aromatic carbocycles. The Kier molecular flexibility index (Phi) is 3.76. The number of rotatable bonds is 2. The van der Waals surface area contributed by atoms with Gasteiger partial charge in [0.25, 0.3) is 17.5 Å². The molecule has 126 valence electrons. The monoisotopic (exact) mass is 336 g/mol. The van der Waals surface area contributed by atoms with Crippen LogP contribution >= 0.6 is 0 Å². The molecule has 0 radical (unpaired) electrons. The van der Waals surface area contributed by atoms with Crippen LogP contribution in [0.25, 0.3) is 0 Å². The number of carbonyl (C=O) groups excluding carboxylic acids is 3. The number of fused-ring (bicyclic) bond motifs is 1. The number of amides is 3. The van der Waals surface area contributed by atoms with Crippen molar-refractivity contribution in [2.45, 2.75) is 25.4 Å². The third kappa shape index (κ3) is 2.50. The van der Waals surface area contributed by atoms with Gasteiger partial charge in [0.15, 0.2) is 0 Å². The highest BCUT2D eigenvalue weighted by Crippen LogP contribution is 2.32. The maximum absolute atomic E-state index is 13.7. The number of benzene rings is 1. The van der Waals surface area contributed by atoms with E-state index in [-0.39, 0.29) is 30.5 Å². The molecule has 2 aliphatic heterocycles. The van der Waals surface area contributed by atoms with Gasteiger partial charge in [0.2, 0.25) is 5.91 Å². The van der Waals surface area contributed by atoms with Gasteiger partial charge in [-0.25, -0.2) is 9.40 Å². The Bertz CT molecular complexity index is 781. The van der Waals surface area contributed by atoms with E-state index < -0.39 is 40.2 Å². The molecule has 0 aliphatic carbocycles. The first-order chi connectivity index (χ1) is 11.3. The molecule has 1 unspecified atom stereocenters. The second kappa shape index (κ2) is 5.64. The van der Waals surface area contributed by atoms with Crippen LogP contribution in [-0.2, 0) is 16.1 Å². The molecular formula is C14H13FN4O5. The van der Waals surface area contributed by atoms with Gasteiger partial charge in [0.05, 0.1) is 28.7 Å². The normalized spacial score (nSPS) is 21.5. The molecule has 2 heterocycles. The van der Waals surface area contributed by atoms with E-state index in [9.17, 15) is 28.9 Å². The van der Waals surface area contributed by atoms with E-state index in [1.54, 1.807) is 0 Å². The Morgan fingerprint density at radius 1 is 1.33 bits per heavy atom. The molecule has 9 nitrogen and oxygen atoms in total. The molecule has 0 spiro atoms. The molecule has 24 heavy (non-hydrogen) atoms. The van der Waals surface area contributed by atoms with E-state index in [4.69, 9.17) is 0 Å². The molecule has 0 bridgehead atoms. The second-order valence-electron chi connectivity index (χ2n) is 5.64. The van der Waals surface area contributed by atoms with Gasteiger partial charge in [-0.15, -0.1) is 0 Å². The average Bonchev–Trinajstić information content (AvgIpc) is 2.49. The lowest BCUT2D eigenvalue weighted by atomic mass is 9.98. The first-order valence-electron chi connectivity index (χ1n) is 7.14. The number of hydrazine groups is 1. The number of halogens is 1. The number of hydrogen-bond donors (Lipinski definition) is 1. The fourth-order valence-corrected chi connectivity index (χ4v) is 3.02. The van der Waals surface area contributed by atoms with Crippen molar-refractivity contribution in [3.8, 4) is 0 Å². The molecule has 1 fully saturated rings. The van der Waals surface area contributed by atoms with Gasteiger partial charge in [-0.2, -0.15) is 0 Å². The summed E-state index contributed by atoms with van der Waals surface area (Å²) in [5.74, 6) is -2.66. The number of imide groups is 1. The first kappa shape index (κ1) is 16.0. The predicted molar refractivity (Wildman–Crippen MR) is 76.9 cm³/mol. The molecule has 3 amide bonds. The van der Waals surface area contributed by atoms with Crippen molar-refractivity contribution in [3.05, 3.63) is 39.2 Å². The summed E-state index contributed by atoms with van der Waals surface area (Å²) in [4.78, 5) is 46.3. The van der Waals surface area contributed by atoms with Crippen molar-refractivity contribution in [1.29, 1.82) is 0 Å². The van der Waals surface area contributed by atoms with Gasteiger partial charge >= 0.3 is 0 Å². The third-order valence-corrected chi connectivity index (χ3v) is 4.09. The van der Waals surface area contributed by atoms with Crippen LogP contribution in [0.3, 0.4) is 0 Å². The van der Waals surface area contributed by atoms with Crippen LogP contribution in [0, 0.1) is 15.9 Å². The Hall–Kier alpha value is -2.88. The maximum Gasteiger partial charge on any atom is 0.277 e. The summed E-state index contributed by atoms with van der Waals surface area (Å²) in [5.41, 5.74) is -0.532. The van der Waals surface area contributed by atoms with E-state index in [0.717, 1.165) is 17.1 Å². The van der Waals surface area contributed by atoms with Gasteiger partial charge in [-0.1, -0.05) is 0 Å². The minimum Gasteiger partial charge on any atom is -0.295 e. The van der Waals surface area contributed by atoms with E-state index >= 15 is 0 Å². The zero-order valence-electron chi connectivity index (χ0n) is 12.6. The number of hydrogen-bond acceptors (Lipinski definition) is 6. The molecule has 1 atom stereocenters. The fourth-order valence-electron chi connectivity index (χ4n) is 3.02. The lowest BCUT2D eigenvalue weighted by Gasteiger charge is -2.41.